The first-order chi connectivity index (χ1) is 17.1. The van der Waals surface area contributed by atoms with Crippen LogP contribution in [0, 0.1) is 6.92 Å². The van der Waals surface area contributed by atoms with E-state index in [1.54, 1.807) is 0 Å². The molecule has 0 fully saturated rings. The highest BCUT2D eigenvalue weighted by Crippen LogP contribution is 2.41. The Kier molecular flexibility index (Phi) is 7.64. The molecule has 36 heavy (non-hydrogen) atoms. The van der Waals surface area contributed by atoms with Gasteiger partial charge in [-0.05, 0) is 41.7 Å². The smallest absolute Gasteiger partial charge is 0.220 e. The van der Waals surface area contributed by atoms with Gasteiger partial charge < -0.3 is 13.6 Å². The Morgan fingerprint density at radius 3 is 1.58 bits per heavy atom. The maximum Gasteiger partial charge on any atom is 0.220 e. The predicted octanol–water partition coefficient (Wildman–Crippen LogP) is 8.01. The van der Waals surface area contributed by atoms with Crippen molar-refractivity contribution in [2.75, 3.05) is 0 Å². The predicted molar refractivity (Wildman–Crippen MR) is 147 cm³/mol. The van der Waals surface area contributed by atoms with E-state index in [1.807, 2.05) is 61.5 Å². The monoisotopic (exact) mass is 499 g/mol. The summed E-state index contributed by atoms with van der Waals surface area (Å²) in [6, 6.07) is 31.0. The molecule has 0 unspecified atom stereocenters. The van der Waals surface area contributed by atoms with Gasteiger partial charge in [-0.1, -0.05) is 112 Å². The largest absolute Gasteiger partial charge is 0.440 e. The van der Waals surface area contributed by atoms with Gasteiger partial charge in [-0.25, -0.2) is 4.98 Å². The molecule has 4 nitrogen and oxygen atoms in total. The topological polar surface area (TPSA) is 44.5 Å². The molecular formula is C31H37NO3Si. The Balaban J connectivity index is 1.67. The highest BCUT2D eigenvalue weighted by Gasteiger charge is 2.39. The molecule has 4 rings (SSSR count). The highest BCUT2D eigenvalue weighted by molar-refractivity contribution is 6.74. The van der Waals surface area contributed by atoms with Crippen LogP contribution < -0.4 is 0 Å². The van der Waals surface area contributed by atoms with Gasteiger partial charge in [0.25, 0.3) is 0 Å². The quantitative estimate of drug-likeness (QED) is 0.173. The van der Waals surface area contributed by atoms with E-state index in [0.29, 0.717) is 12.5 Å². The second kappa shape index (κ2) is 10.6. The van der Waals surface area contributed by atoms with Crippen molar-refractivity contribution in [3.05, 3.63) is 125 Å². The van der Waals surface area contributed by atoms with Crippen LogP contribution in [-0.4, -0.2) is 13.3 Å². The molecule has 188 valence electrons. The van der Waals surface area contributed by atoms with Gasteiger partial charge >= 0.3 is 0 Å². The lowest BCUT2D eigenvalue weighted by molar-refractivity contribution is -0.0107. The summed E-state index contributed by atoms with van der Waals surface area (Å²) in [5, 5.41) is 0.132. The second-order valence-corrected chi connectivity index (χ2v) is 15.5. The molecule has 0 radical (unpaired) electrons. The lowest BCUT2D eigenvalue weighted by Gasteiger charge is -2.35. The molecule has 0 saturated heterocycles. The van der Waals surface area contributed by atoms with Crippen LogP contribution in [0.2, 0.25) is 18.1 Å². The van der Waals surface area contributed by atoms with Crippen LogP contribution in [-0.2, 0) is 28.0 Å². The van der Waals surface area contributed by atoms with E-state index in [-0.39, 0.29) is 11.6 Å². The molecule has 0 aliphatic carbocycles. The van der Waals surface area contributed by atoms with Crippen molar-refractivity contribution in [2.24, 2.45) is 0 Å². The van der Waals surface area contributed by atoms with Crippen LogP contribution in [0.4, 0.5) is 0 Å². The molecule has 0 aliphatic rings. The molecule has 1 aromatic heterocycles. The third-order valence-electron chi connectivity index (χ3n) is 7.26. The Labute approximate surface area is 216 Å². The second-order valence-electron chi connectivity index (χ2n) is 10.7. The number of aromatic nitrogens is 1. The fraction of sp³-hybridized carbons (Fsp3) is 0.323. The number of benzene rings is 3. The Morgan fingerprint density at radius 1 is 0.722 bits per heavy atom. The van der Waals surface area contributed by atoms with Crippen LogP contribution in [0.15, 0.2) is 95.4 Å². The normalized spacial score (nSPS) is 12.6. The van der Waals surface area contributed by atoms with Crippen LogP contribution in [0.5, 0.6) is 0 Å². The maximum absolute atomic E-state index is 6.85. The summed E-state index contributed by atoms with van der Waals surface area (Å²) >= 11 is 0. The lowest BCUT2D eigenvalue weighted by Crippen LogP contribution is -2.40. The van der Waals surface area contributed by atoms with E-state index in [0.717, 1.165) is 28.1 Å². The first-order valence-electron chi connectivity index (χ1n) is 12.5. The Hall–Kier alpha value is -2.99. The van der Waals surface area contributed by atoms with Crippen molar-refractivity contribution in [1.29, 1.82) is 0 Å². The fourth-order valence-corrected chi connectivity index (χ4v) is 5.01. The fourth-order valence-electron chi connectivity index (χ4n) is 4.08. The number of rotatable bonds is 9. The van der Waals surface area contributed by atoms with E-state index in [1.165, 1.54) is 0 Å². The van der Waals surface area contributed by atoms with Crippen molar-refractivity contribution in [3.8, 4) is 0 Å². The lowest BCUT2D eigenvalue weighted by atomic mass is 9.80. The summed E-state index contributed by atoms with van der Waals surface area (Å²) in [5.41, 5.74) is 3.17. The van der Waals surface area contributed by atoms with Crippen LogP contribution >= 0.6 is 0 Å². The first kappa shape index (κ1) is 26.1. The van der Waals surface area contributed by atoms with E-state index >= 15 is 0 Å². The molecule has 0 N–H and O–H groups in total. The van der Waals surface area contributed by atoms with Crippen LogP contribution in [0.25, 0.3) is 0 Å². The van der Waals surface area contributed by atoms with E-state index in [2.05, 4.69) is 70.3 Å². The van der Waals surface area contributed by atoms with Crippen LogP contribution in [0.3, 0.4) is 0 Å². The number of hydrogen-bond donors (Lipinski definition) is 0. The minimum absolute atomic E-state index is 0.132. The molecule has 0 atom stereocenters. The summed E-state index contributed by atoms with van der Waals surface area (Å²) in [5.74, 6) is 1.32. The molecule has 0 amide bonds. The van der Waals surface area contributed by atoms with Gasteiger partial charge in [0.1, 0.15) is 12.2 Å². The van der Waals surface area contributed by atoms with Crippen LogP contribution in [0.1, 0.15) is 54.8 Å². The van der Waals surface area contributed by atoms with Gasteiger partial charge in [-0.3, -0.25) is 0 Å². The summed E-state index contributed by atoms with van der Waals surface area (Å²) < 4.78 is 19.4. The SMILES string of the molecule is Cc1nc(COC(c2ccccc2)(c2ccccc2)c2ccccc2)oc1CO[Si](C)(C)C(C)(C)C. The van der Waals surface area contributed by atoms with Gasteiger partial charge in [0.2, 0.25) is 5.89 Å². The van der Waals surface area contributed by atoms with E-state index < -0.39 is 13.9 Å². The Morgan fingerprint density at radius 2 is 1.17 bits per heavy atom. The maximum atomic E-state index is 6.85. The molecular weight excluding hydrogens is 462 g/mol. The Bertz CT molecular complexity index is 1150. The molecule has 0 aliphatic heterocycles. The number of nitrogens with zero attached hydrogens (tertiary/aromatic N) is 1. The molecule has 0 saturated carbocycles. The number of ether oxygens (including phenoxy) is 1. The highest BCUT2D eigenvalue weighted by atomic mass is 28.4. The summed E-state index contributed by atoms with van der Waals surface area (Å²) in [6.45, 7) is 13.8. The molecule has 1 heterocycles. The van der Waals surface area contributed by atoms with E-state index in [4.69, 9.17) is 18.6 Å². The minimum Gasteiger partial charge on any atom is -0.440 e. The van der Waals surface area contributed by atoms with Gasteiger partial charge in [-0.2, -0.15) is 0 Å². The molecule has 3 aromatic carbocycles. The molecule has 5 heteroatoms. The van der Waals surface area contributed by atoms with E-state index in [9.17, 15) is 0 Å². The molecule has 0 bridgehead atoms. The molecule has 4 aromatic rings. The van der Waals surface area contributed by atoms with Crippen molar-refractivity contribution in [1.82, 2.24) is 4.98 Å². The van der Waals surface area contributed by atoms with Gasteiger partial charge in [-0.15, -0.1) is 0 Å². The number of oxazole rings is 1. The summed E-state index contributed by atoms with van der Waals surface area (Å²) in [7, 11) is -1.90. The number of aryl methyl sites for hydroxylation is 1. The third kappa shape index (κ3) is 5.38. The average molecular weight is 500 g/mol. The average Bonchev–Trinajstić information content (AvgIpc) is 3.24. The summed E-state index contributed by atoms with van der Waals surface area (Å²) in [4.78, 5) is 4.70. The standard InChI is InChI=1S/C31H37NO3Si/c1-24-28(22-34-36(5,6)30(2,3)4)35-29(32-24)23-33-31(25-16-10-7-11-17-25,26-18-12-8-13-19-26)27-20-14-9-15-21-27/h7-21H,22-23H2,1-6H3. The zero-order chi connectivity index (χ0) is 25.8. The summed E-state index contributed by atoms with van der Waals surface area (Å²) in [6.07, 6.45) is 0. The zero-order valence-corrected chi connectivity index (χ0v) is 23.2. The van der Waals surface area contributed by atoms with Gasteiger partial charge in [0, 0.05) is 0 Å². The van der Waals surface area contributed by atoms with Crippen molar-refractivity contribution in [3.63, 3.8) is 0 Å². The first-order valence-corrected chi connectivity index (χ1v) is 15.4. The van der Waals surface area contributed by atoms with Crippen molar-refractivity contribution < 1.29 is 13.6 Å². The van der Waals surface area contributed by atoms with Crippen molar-refractivity contribution >= 4 is 8.32 Å². The molecule has 0 spiro atoms. The van der Waals surface area contributed by atoms with Gasteiger partial charge in [0.15, 0.2) is 14.1 Å². The van der Waals surface area contributed by atoms with Gasteiger partial charge in [0.05, 0.1) is 12.3 Å². The third-order valence-corrected chi connectivity index (χ3v) is 11.7. The minimum atomic E-state index is -1.90. The zero-order valence-electron chi connectivity index (χ0n) is 22.2. The number of hydrogen-bond acceptors (Lipinski definition) is 4. The van der Waals surface area contributed by atoms with Crippen molar-refractivity contribution in [2.45, 2.75) is 64.6 Å².